The smallest absolute Gasteiger partial charge is 0.0471 e. The molecule has 0 saturated carbocycles. The molecule has 0 N–H and O–H groups in total. The van der Waals surface area contributed by atoms with Gasteiger partial charge >= 0.3 is 0 Å². The van der Waals surface area contributed by atoms with Gasteiger partial charge < -0.3 is 4.74 Å². The Hall–Kier alpha value is 0.490. The van der Waals surface area contributed by atoms with Gasteiger partial charge in [0.25, 0.3) is 0 Å². The van der Waals surface area contributed by atoms with Gasteiger partial charge in [-0.25, -0.2) is 0 Å². The normalized spacial score (nSPS) is 19.2. The number of ether oxygens (including phenoxy) is 1. The van der Waals surface area contributed by atoms with E-state index in [-0.39, 0.29) is 0 Å². The van der Waals surface area contributed by atoms with Crippen molar-refractivity contribution in [1.29, 1.82) is 0 Å². The molecule has 1 nitrogen and oxygen atoms in total. The van der Waals surface area contributed by atoms with Crippen molar-refractivity contribution in [2.45, 2.75) is 17.7 Å². The monoisotopic (exact) mass is 378 g/mol. The van der Waals surface area contributed by atoms with Crippen molar-refractivity contribution < 1.29 is 4.74 Å². The predicted octanol–water partition coefficient (Wildman–Crippen LogP) is 4.73. The summed E-state index contributed by atoms with van der Waals surface area (Å²) in [6.07, 6.45) is 2.34. The molecule has 0 atom stereocenters. The van der Waals surface area contributed by atoms with E-state index in [9.17, 15) is 0 Å². The topological polar surface area (TPSA) is 9.23 Å². The number of thioether (sulfide) groups is 1. The molecule has 0 amide bonds. The molecule has 0 spiro atoms. The molecule has 94 valence electrons. The molecule has 4 heteroatoms. The molecule has 1 aromatic carbocycles. The fourth-order valence-electron chi connectivity index (χ4n) is 1.89. The highest BCUT2D eigenvalue weighted by molar-refractivity contribution is 9.10. The minimum absolute atomic E-state index is 0.413. The lowest BCUT2D eigenvalue weighted by molar-refractivity contribution is 0.0374. The average Bonchev–Trinajstić information content (AvgIpc) is 2.39. The first-order valence-electron chi connectivity index (χ1n) is 5.76. The van der Waals surface area contributed by atoms with Crippen LogP contribution >= 0.6 is 43.6 Å². The summed E-state index contributed by atoms with van der Waals surface area (Å²) >= 11 is 9.09. The summed E-state index contributed by atoms with van der Waals surface area (Å²) in [5, 5.41) is 1.08. The second-order valence-electron chi connectivity index (χ2n) is 4.49. The van der Waals surface area contributed by atoms with E-state index in [4.69, 9.17) is 4.74 Å². The van der Waals surface area contributed by atoms with E-state index < -0.39 is 0 Å². The number of hydrogen-bond acceptors (Lipinski definition) is 2. The Morgan fingerprint density at radius 1 is 1.18 bits per heavy atom. The van der Waals surface area contributed by atoms with Crippen LogP contribution in [0.4, 0.5) is 0 Å². The van der Waals surface area contributed by atoms with Crippen LogP contribution in [0.5, 0.6) is 0 Å². The molecule has 1 aromatic rings. The second kappa shape index (κ2) is 6.60. The summed E-state index contributed by atoms with van der Waals surface area (Å²) in [6.45, 7) is 1.82. The van der Waals surface area contributed by atoms with E-state index in [0.717, 1.165) is 23.0 Å². The molecule has 0 radical (unpaired) electrons. The van der Waals surface area contributed by atoms with Crippen LogP contribution < -0.4 is 0 Å². The van der Waals surface area contributed by atoms with Crippen LogP contribution in [0.2, 0.25) is 0 Å². The molecule has 2 rings (SSSR count). The highest BCUT2D eigenvalue weighted by Gasteiger charge is 2.31. The Balaban J connectivity index is 1.93. The zero-order chi connectivity index (χ0) is 12.1. The van der Waals surface area contributed by atoms with Crippen LogP contribution in [0.15, 0.2) is 33.6 Å². The molecule has 1 heterocycles. The zero-order valence-electron chi connectivity index (χ0n) is 9.62. The summed E-state index contributed by atoms with van der Waals surface area (Å²) in [5.74, 6) is 1.17. The lowest BCUT2D eigenvalue weighted by Gasteiger charge is -2.35. The summed E-state index contributed by atoms with van der Waals surface area (Å²) in [6, 6.07) is 8.56. The fourth-order valence-corrected chi connectivity index (χ4v) is 4.37. The van der Waals surface area contributed by atoms with Crippen molar-refractivity contribution in [2.75, 3.05) is 24.3 Å². The molecule has 0 bridgehead atoms. The minimum atomic E-state index is 0.413. The van der Waals surface area contributed by atoms with Gasteiger partial charge in [-0.15, -0.1) is 11.8 Å². The lowest BCUT2D eigenvalue weighted by atomic mass is 9.85. The SMILES string of the molecule is BrCC1(CSc2ccc(Br)cc2)CCOCC1. The summed E-state index contributed by atoms with van der Waals surface area (Å²) < 4.78 is 6.60. The third kappa shape index (κ3) is 3.98. The van der Waals surface area contributed by atoms with Gasteiger partial charge in [-0.05, 0) is 42.5 Å². The van der Waals surface area contributed by atoms with Gasteiger partial charge in [0.2, 0.25) is 0 Å². The maximum Gasteiger partial charge on any atom is 0.0471 e. The van der Waals surface area contributed by atoms with E-state index in [2.05, 4.69) is 56.1 Å². The van der Waals surface area contributed by atoms with Crippen LogP contribution in [0.3, 0.4) is 0 Å². The van der Waals surface area contributed by atoms with Crippen molar-refractivity contribution in [3.63, 3.8) is 0 Å². The first-order valence-corrected chi connectivity index (χ1v) is 8.66. The van der Waals surface area contributed by atoms with E-state index >= 15 is 0 Å². The van der Waals surface area contributed by atoms with Gasteiger partial charge in [0.05, 0.1) is 0 Å². The number of alkyl halides is 1. The molecular weight excluding hydrogens is 364 g/mol. The summed E-state index contributed by atoms with van der Waals surface area (Å²) in [4.78, 5) is 1.35. The van der Waals surface area contributed by atoms with Crippen LogP contribution in [0.1, 0.15) is 12.8 Å². The van der Waals surface area contributed by atoms with E-state index in [1.807, 2.05) is 11.8 Å². The first kappa shape index (κ1) is 13.9. The minimum Gasteiger partial charge on any atom is -0.381 e. The maximum atomic E-state index is 5.46. The van der Waals surface area contributed by atoms with Crippen molar-refractivity contribution in [3.05, 3.63) is 28.7 Å². The molecule has 1 aliphatic rings. The highest BCUT2D eigenvalue weighted by Crippen LogP contribution is 2.38. The third-order valence-corrected chi connectivity index (χ3v) is 6.28. The molecule has 1 saturated heterocycles. The van der Waals surface area contributed by atoms with Gasteiger partial charge in [0, 0.05) is 33.7 Å². The van der Waals surface area contributed by atoms with Gasteiger partial charge in [-0.2, -0.15) is 0 Å². The molecule has 0 unspecified atom stereocenters. The molecular formula is C13H16Br2OS. The van der Waals surface area contributed by atoms with Crippen molar-refractivity contribution in [1.82, 2.24) is 0 Å². The van der Waals surface area contributed by atoms with E-state index in [0.29, 0.717) is 5.41 Å². The first-order chi connectivity index (χ1) is 8.24. The van der Waals surface area contributed by atoms with Gasteiger partial charge in [-0.3, -0.25) is 0 Å². The third-order valence-electron chi connectivity index (χ3n) is 3.20. The van der Waals surface area contributed by atoms with Gasteiger partial charge in [0.15, 0.2) is 0 Å². The Morgan fingerprint density at radius 3 is 2.41 bits per heavy atom. The highest BCUT2D eigenvalue weighted by atomic mass is 79.9. The summed E-state index contributed by atoms with van der Waals surface area (Å²) in [5.41, 5.74) is 0.413. The zero-order valence-corrected chi connectivity index (χ0v) is 13.6. The Bertz CT molecular complexity index is 347. The molecule has 17 heavy (non-hydrogen) atoms. The van der Waals surface area contributed by atoms with Crippen LogP contribution in [-0.2, 0) is 4.74 Å². The average molecular weight is 380 g/mol. The fraction of sp³-hybridized carbons (Fsp3) is 0.538. The maximum absolute atomic E-state index is 5.46. The van der Waals surface area contributed by atoms with Crippen molar-refractivity contribution in [2.24, 2.45) is 5.41 Å². The number of hydrogen-bond donors (Lipinski definition) is 0. The second-order valence-corrected chi connectivity index (χ2v) is 7.01. The largest absolute Gasteiger partial charge is 0.381 e. The molecule has 1 aliphatic heterocycles. The number of rotatable bonds is 4. The van der Waals surface area contributed by atoms with Crippen molar-refractivity contribution in [3.8, 4) is 0 Å². The lowest BCUT2D eigenvalue weighted by Crippen LogP contribution is -2.33. The summed E-state index contributed by atoms with van der Waals surface area (Å²) in [7, 11) is 0. The Kier molecular flexibility index (Phi) is 5.40. The quantitative estimate of drug-likeness (QED) is 0.552. The van der Waals surface area contributed by atoms with Crippen molar-refractivity contribution >= 4 is 43.6 Å². The Labute approximate surface area is 124 Å². The Morgan fingerprint density at radius 2 is 1.82 bits per heavy atom. The molecule has 1 fully saturated rings. The van der Waals surface area contributed by atoms with Crippen LogP contribution in [-0.4, -0.2) is 24.3 Å². The molecule has 0 aliphatic carbocycles. The van der Waals surface area contributed by atoms with E-state index in [1.54, 1.807) is 0 Å². The van der Waals surface area contributed by atoms with Crippen LogP contribution in [0.25, 0.3) is 0 Å². The number of halogens is 2. The predicted molar refractivity (Wildman–Crippen MR) is 81.1 cm³/mol. The molecule has 0 aromatic heterocycles. The number of benzene rings is 1. The standard InChI is InChI=1S/C13H16Br2OS/c14-9-13(5-7-16-8-6-13)10-17-12-3-1-11(15)2-4-12/h1-4H,5-10H2. The van der Waals surface area contributed by atoms with Gasteiger partial charge in [-0.1, -0.05) is 31.9 Å². The van der Waals surface area contributed by atoms with Gasteiger partial charge in [0.1, 0.15) is 0 Å². The van der Waals surface area contributed by atoms with Crippen LogP contribution in [0, 0.1) is 5.41 Å². The van der Waals surface area contributed by atoms with E-state index in [1.165, 1.54) is 23.5 Å².